The number of para-hydroxylation sites is 2. The predicted octanol–water partition coefficient (Wildman–Crippen LogP) is 3.39. The van der Waals surface area contributed by atoms with Gasteiger partial charge in [-0.15, -0.1) is 0 Å². The van der Waals surface area contributed by atoms with Crippen LogP contribution in [-0.4, -0.2) is 29.3 Å². The highest BCUT2D eigenvalue weighted by molar-refractivity contribution is 5.98. The van der Waals surface area contributed by atoms with Gasteiger partial charge in [-0.1, -0.05) is 30.9 Å². The number of amides is 1. The second-order valence-electron chi connectivity index (χ2n) is 5.42. The summed E-state index contributed by atoms with van der Waals surface area (Å²) in [7, 11) is 1.57. The molecule has 6 heteroatoms. The van der Waals surface area contributed by atoms with Crippen molar-refractivity contribution in [1.82, 2.24) is 9.66 Å². The zero-order chi connectivity index (χ0) is 18.4. The Kier molecular flexibility index (Phi) is 5.34. The molecule has 6 nitrogen and oxygen atoms in total. The fourth-order valence-electron chi connectivity index (χ4n) is 2.43. The molecule has 0 atom stereocenters. The summed E-state index contributed by atoms with van der Waals surface area (Å²) < 4.78 is 12.4. The van der Waals surface area contributed by atoms with Crippen molar-refractivity contribution in [3.8, 4) is 11.5 Å². The van der Waals surface area contributed by atoms with Gasteiger partial charge >= 0.3 is 0 Å². The average Bonchev–Trinajstić information content (AvgIpc) is 3.08. The Balaban J connectivity index is 1.70. The number of hydrogen-bond acceptors (Lipinski definition) is 4. The monoisotopic (exact) mass is 349 g/mol. The maximum absolute atomic E-state index is 12.2. The van der Waals surface area contributed by atoms with Crippen LogP contribution in [0.5, 0.6) is 11.5 Å². The maximum Gasteiger partial charge on any atom is 0.262 e. The Labute approximate surface area is 151 Å². The Morgan fingerprint density at radius 3 is 2.92 bits per heavy atom. The molecule has 1 amide bonds. The topological polar surface area (TPSA) is 65.4 Å². The molecule has 3 rings (SSSR count). The standard InChI is InChI=1S/C20H19N3O3/c1-3-12-26-18-10-8-15(13-19(18)25-2)9-11-20(24)22-23-14-21-16-6-4-5-7-17(16)23/h3-11,13-14H,1,12H2,2H3,(H,22,24)/b11-9+. The number of aromatic nitrogens is 2. The third-order valence-electron chi connectivity index (χ3n) is 3.66. The highest BCUT2D eigenvalue weighted by Crippen LogP contribution is 2.28. The van der Waals surface area contributed by atoms with Gasteiger partial charge in [-0.3, -0.25) is 10.2 Å². The molecule has 0 aliphatic carbocycles. The molecule has 2 aromatic carbocycles. The normalized spacial score (nSPS) is 10.8. The Morgan fingerprint density at radius 1 is 1.27 bits per heavy atom. The summed E-state index contributed by atoms with van der Waals surface area (Å²) in [5.41, 5.74) is 5.23. The number of rotatable bonds is 7. The van der Waals surface area contributed by atoms with Gasteiger partial charge < -0.3 is 9.47 Å². The smallest absolute Gasteiger partial charge is 0.262 e. The zero-order valence-electron chi connectivity index (χ0n) is 14.4. The van der Waals surface area contributed by atoms with E-state index in [4.69, 9.17) is 9.47 Å². The van der Waals surface area contributed by atoms with Crippen LogP contribution in [0.25, 0.3) is 17.1 Å². The molecule has 0 unspecified atom stereocenters. The van der Waals surface area contributed by atoms with Gasteiger partial charge in [0, 0.05) is 6.08 Å². The highest BCUT2D eigenvalue weighted by atomic mass is 16.5. The van der Waals surface area contributed by atoms with Gasteiger partial charge in [0.25, 0.3) is 5.91 Å². The van der Waals surface area contributed by atoms with Crippen molar-refractivity contribution in [3.05, 3.63) is 73.1 Å². The molecule has 26 heavy (non-hydrogen) atoms. The second-order valence-corrected chi connectivity index (χ2v) is 5.42. The lowest BCUT2D eigenvalue weighted by Crippen LogP contribution is -2.19. The van der Waals surface area contributed by atoms with Crippen LogP contribution in [0, 0.1) is 0 Å². The highest BCUT2D eigenvalue weighted by Gasteiger charge is 2.05. The number of hydrogen-bond donors (Lipinski definition) is 1. The van der Waals surface area contributed by atoms with Gasteiger partial charge in [-0.25, -0.2) is 9.66 Å². The minimum atomic E-state index is -0.265. The summed E-state index contributed by atoms with van der Waals surface area (Å²) in [5.74, 6) is 0.952. The molecule has 0 aliphatic heterocycles. The maximum atomic E-state index is 12.2. The molecular weight excluding hydrogens is 330 g/mol. The average molecular weight is 349 g/mol. The fourth-order valence-corrected chi connectivity index (χ4v) is 2.43. The van der Waals surface area contributed by atoms with Gasteiger partial charge in [0.05, 0.1) is 18.1 Å². The molecule has 0 spiro atoms. The van der Waals surface area contributed by atoms with E-state index in [2.05, 4.69) is 17.0 Å². The molecule has 0 saturated heterocycles. The largest absolute Gasteiger partial charge is 0.493 e. The van der Waals surface area contributed by atoms with Gasteiger partial charge in [-0.05, 0) is 35.9 Å². The second kappa shape index (κ2) is 8.02. The number of nitrogens with one attached hydrogen (secondary N) is 1. The number of ether oxygens (including phenoxy) is 2. The summed E-state index contributed by atoms with van der Waals surface area (Å²) in [4.78, 5) is 16.4. The van der Waals surface area contributed by atoms with Crippen molar-refractivity contribution in [2.24, 2.45) is 0 Å². The van der Waals surface area contributed by atoms with Crippen molar-refractivity contribution in [2.45, 2.75) is 0 Å². The van der Waals surface area contributed by atoms with Crippen molar-refractivity contribution >= 4 is 23.0 Å². The molecule has 1 N–H and O–H groups in total. The van der Waals surface area contributed by atoms with Gasteiger partial charge in [0.1, 0.15) is 12.9 Å². The third kappa shape index (κ3) is 3.92. The lowest BCUT2D eigenvalue weighted by atomic mass is 10.2. The van der Waals surface area contributed by atoms with E-state index in [9.17, 15) is 4.79 Å². The van der Waals surface area contributed by atoms with Crippen molar-refractivity contribution in [2.75, 3.05) is 19.1 Å². The van der Waals surface area contributed by atoms with Gasteiger partial charge in [-0.2, -0.15) is 0 Å². The van der Waals surface area contributed by atoms with E-state index in [0.717, 1.165) is 16.6 Å². The predicted molar refractivity (Wildman–Crippen MR) is 102 cm³/mol. The molecule has 3 aromatic rings. The molecule has 0 bridgehead atoms. The summed E-state index contributed by atoms with van der Waals surface area (Å²) in [6.07, 6.45) is 6.39. The quantitative estimate of drug-likeness (QED) is 0.524. The summed E-state index contributed by atoms with van der Waals surface area (Å²) >= 11 is 0. The number of carbonyl (C=O) groups is 1. The first kappa shape index (κ1) is 17.3. The van der Waals surface area contributed by atoms with Crippen LogP contribution in [0.2, 0.25) is 0 Å². The zero-order valence-corrected chi connectivity index (χ0v) is 14.4. The van der Waals surface area contributed by atoms with Crippen LogP contribution in [0.3, 0.4) is 0 Å². The summed E-state index contributed by atoms with van der Waals surface area (Å²) in [5, 5.41) is 0. The fraction of sp³-hybridized carbons (Fsp3) is 0.100. The van der Waals surface area contributed by atoms with Crippen molar-refractivity contribution in [3.63, 3.8) is 0 Å². The first-order valence-corrected chi connectivity index (χ1v) is 8.04. The van der Waals surface area contributed by atoms with Crippen molar-refractivity contribution < 1.29 is 14.3 Å². The van der Waals surface area contributed by atoms with Crippen LogP contribution in [0.1, 0.15) is 5.56 Å². The molecule has 1 heterocycles. The molecule has 0 aliphatic rings. The van der Waals surface area contributed by atoms with Crippen LogP contribution in [0.15, 0.2) is 67.5 Å². The first-order valence-electron chi connectivity index (χ1n) is 8.04. The number of methoxy groups -OCH3 is 1. The van der Waals surface area contributed by atoms with Crippen LogP contribution in [-0.2, 0) is 4.79 Å². The number of fused-ring (bicyclic) bond motifs is 1. The Bertz CT molecular complexity index is 960. The van der Waals surface area contributed by atoms with E-state index in [1.165, 1.54) is 6.08 Å². The van der Waals surface area contributed by atoms with Crippen LogP contribution < -0.4 is 14.9 Å². The SMILES string of the molecule is C=CCOc1ccc(/C=C/C(=O)Nn2cnc3ccccc32)cc1OC. The van der Waals surface area contributed by atoms with Crippen LogP contribution >= 0.6 is 0 Å². The number of nitrogens with zero attached hydrogens (tertiary/aromatic N) is 2. The first-order chi connectivity index (χ1) is 12.7. The summed E-state index contributed by atoms with van der Waals surface area (Å²) in [6.45, 7) is 4.01. The molecular formula is C20H19N3O3. The lowest BCUT2D eigenvalue weighted by molar-refractivity contribution is -0.112. The molecule has 0 fully saturated rings. The number of carbonyl (C=O) groups excluding carboxylic acids is 1. The Morgan fingerprint density at radius 2 is 2.12 bits per heavy atom. The molecule has 0 radical (unpaired) electrons. The third-order valence-corrected chi connectivity index (χ3v) is 3.66. The van der Waals surface area contributed by atoms with E-state index < -0.39 is 0 Å². The van der Waals surface area contributed by atoms with Crippen LogP contribution in [0.4, 0.5) is 0 Å². The minimum absolute atomic E-state index is 0.265. The Hall–Kier alpha value is -3.54. The van der Waals surface area contributed by atoms with E-state index in [-0.39, 0.29) is 5.91 Å². The van der Waals surface area contributed by atoms with E-state index in [0.29, 0.717) is 18.1 Å². The molecule has 132 valence electrons. The molecule has 0 saturated carbocycles. The van der Waals surface area contributed by atoms with Gasteiger partial charge in [0.2, 0.25) is 0 Å². The minimum Gasteiger partial charge on any atom is -0.493 e. The number of imidazole rings is 1. The van der Waals surface area contributed by atoms with E-state index in [1.54, 1.807) is 42.4 Å². The van der Waals surface area contributed by atoms with E-state index >= 15 is 0 Å². The van der Waals surface area contributed by atoms with Crippen molar-refractivity contribution in [1.29, 1.82) is 0 Å². The molecule has 1 aromatic heterocycles. The van der Waals surface area contributed by atoms with Gasteiger partial charge in [0.15, 0.2) is 11.5 Å². The lowest BCUT2D eigenvalue weighted by Gasteiger charge is -2.09. The summed E-state index contributed by atoms with van der Waals surface area (Å²) in [6, 6.07) is 13.0. The number of benzene rings is 2. The van der Waals surface area contributed by atoms with E-state index in [1.807, 2.05) is 30.3 Å².